The SMILES string of the molecule is COC1=CC=CCC1c1nnc(SC(C)C(=O)Nc2ccccc2)n1-c1ccc(OC)cc1. The topological polar surface area (TPSA) is 78.3 Å². The summed E-state index contributed by atoms with van der Waals surface area (Å²) >= 11 is 1.36. The van der Waals surface area contributed by atoms with E-state index in [-0.39, 0.29) is 17.1 Å². The molecule has 33 heavy (non-hydrogen) atoms. The summed E-state index contributed by atoms with van der Waals surface area (Å²) in [4.78, 5) is 12.8. The van der Waals surface area contributed by atoms with Crippen LogP contribution in [0.2, 0.25) is 0 Å². The number of carbonyl (C=O) groups excluding carboxylic acids is 1. The number of thioether (sulfide) groups is 1. The van der Waals surface area contributed by atoms with Crippen LogP contribution in [-0.2, 0) is 9.53 Å². The van der Waals surface area contributed by atoms with E-state index in [0.29, 0.717) is 5.16 Å². The highest BCUT2D eigenvalue weighted by Gasteiger charge is 2.28. The number of benzene rings is 2. The van der Waals surface area contributed by atoms with Gasteiger partial charge >= 0.3 is 0 Å². The molecule has 1 aliphatic rings. The van der Waals surface area contributed by atoms with Crippen molar-refractivity contribution >= 4 is 23.4 Å². The van der Waals surface area contributed by atoms with Gasteiger partial charge in [0.05, 0.1) is 25.4 Å². The Hall–Kier alpha value is -3.52. The number of hydrogen-bond donors (Lipinski definition) is 1. The number of allylic oxidation sites excluding steroid dienone is 4. The van der Waals surface area contributed by atoms with Gasteiger partial charge in [0.1, 0.15) is 17.3 Å². The molecule has 7 nitrogen and oxygen atoms in total. The lowest BCUT2D eigenvalue weighted by Gasteiger charge is -2.21. The van der Waals surface area contributed by atoms with Gasteiger partial charge in [0.2, 0.25) is 5.91 Å². The van der Waals surface area contributed by atoms with Crippen LogP contribution in [-0.4, -0.2) is 40.1 Å². The Bertz CT molecular complexity index is 1160. The van der Waals surface area contributed by atoms with Gasteiger partial charge in [-0.2, -0.15) is 0 Å². The predicted molar refractivity (Wildman–Crippen MR) is 130 cm³/mol. The molecule has 4 rings (SSSR count). The Morgan fingerprint density at radius 3 is 2.55 bits per heavy atom. The van der Waals surface area contributed by atoms with Gasteiger partial charge in [0.25, 0.3) is 0 Å². The first-order chi connectivity index (χ1) is 16.1. The minimum absolute atomic E-state index is 0.0718. The Morgan fingerprint density at radius 2 is 1.85 bits per heavy atom. The van der Waals surface area contributed by atoms with Crippen LogP contribution in [0.15, 0.2) is 83.7 Å². The van der Waals surface area contributed by atoms with Crippen molar-refractivity contribution in [3.63, 3.8) is 0 Å². The monoisotopic (exact) mass is 462 g/mol. The fraction of sp³-hybridized carbons (Fsp3) is 0.240. The number of hydrogen-bond acceptors (Lipinski definition) is 6. The fourth-order valence-corrected chi connectivity index (χ4v) is 4.46. The van der Waals surface area contributed by atoms with Crippen molar-refractivity contribution < 1.29 is 14.3 Å². The molecule has 0 saturated carbocycles. The zero-order valence-corrected chi connectivity index (χ0v) is 19.6. The molecule has 0 aliphatic heterocycles. The van der Waals surface area contributed by atoms with E-state index in [4.69, 9.17) is 9.47 Å². The third-order valence-corrected chi connectivity index (χ3v) is 6.38. The zero-order valence-electron chi connectivity index (χ0n) is 18.8. The normalized spacial score (nSPS) is 16.1. The van der Waals surface area contributed by atoms with E-state index in [2.05, 4.69) is 21.6 Å². The third kappa shape index (κ3) is 5.12. The number of para-hydroxylation sites is 1. The molecule has 170 valence electrons. The number of nitrogens with one attached hydrogen (secondary N) is 1. The van der Waals surface area contributed by atoms with Crippen LogP contribution >= 0.6 is 11.8 Å². The van der Waals surface area contributed by atoms with E-state index < -0.39 is 0 Å². The number of amides is 1. The standard InChI is InChI=1S/C25H26N4O3S/c1-17(24(30)26-18-9-5-4-6-10-18)33-25-28-27-23(21-11-7-8-12-22(21)32-3)29(25)19-13-15-20(31-2)16-14-19/h4-10,12-17,21H,11H2,1-3H3,(H,26,30). The molecule has 2 aromatic carbocycles. The van der Waals surface area contributed by atoms with Crippen molar-refractivity contribution in [2.24, 2.45) is 0 Å². The highest BCUT2D eigenvalue weighted by molar-refractivity contribution is 8.00. The molecule has 1 aromatic heterocycles. The van der Waals surface area contributed by atoms with Crippen LogP contribution in [0.25, 0.3) is 5.69 Å². The van der Waals surface area contributed by atoms with Gasteiger partial charge in [-0.1, -0.05) is 42.1 Å². The molecule has 0 spiro atoms. The minimum Gasteiger partial charge on any atom is -0.500 e. The lowest BCUT2D eigenvalue weighted by atomic mass is 9.97. The minimum atomic E-state index is -0.386. The highest BCUT2D eigenvalue weighted by atomic mass is 32.2. The molecule has 2 atom stereocenters. The second kappa shape index (κ2) is 10.4. The number of carbonyl (C=O) groups is 1. The first-order valence-corrected chi connectivity index (χ1v) is 11.5. The summed E-state index contributed by atoms with van der Waals surface area (Å²) < 4.78 is 12.9. The van der Waals surface area contributed by atoms with E-state index in [1.54, 1.807) is 14.2 Å². The quantitative estimate of drug-likeness (QED) is 0.476. The maximum absolute atomic E-state index is 12.8. The molecule has 1 heterocycles. The van der Waals surface area contributed by atoms with E-state index in [0.717, 1.165) is 35.1 Å². The Morgan fingerprint density at radius 1 is 1.09 bits per heavy atom. The number of methoxy groups -OCH3 is 2. The first-order valence-electron chi connectivity index (χ1n) is 10.6. The third-order valence-electron chi connectivity index (χ3n) is 5.34. The molecule has 0 bridgehead atoms. The van der Waals surface area contributed by atoms with Crippen molar-refractivity contribution in [1.29, 1.82) is 0 Å². The van der Waals surface area contributed by atoms with E-state index in [9.17, 15) is 4.79 Å². The number of ether oxygens (including phenoxy) is 2. The molecule has 8 heteroatoms. The molecular weight excluding hydrogens is 436 g/mol. The maximum atomic E-state index is 12.8. The second-order valence-electron chi connectivity index (χ2n) is 7.48. The van der Waals surface area contributed by atoms with Crippen molar-refractivity contribution in [3.8, 4) is 11.4 Å². The van der Waals surface area contributed by atoms with Gasteiger partial charge < -0.3 is 14.8 Å². The summed E-state index contributed by atoms with van der Waals surface area (Å²) in [5, 5.41) is 12.2. The van der Waals surface area contributed by atoms with Gasteiger partial charge in [0.15, 0.2) is 5.16 Å². The molecule has 3 aromatic rings. The molecule has 0 fully saturated rings. The zero-order chi connectivity index (χ0) is 23.2. The van der Waals surface area contributed by atoms with Gasteiger partial charge in [-0.15, -0.1) is 10.2 Å². The molecule has 1 N–H and O–H groups in total. The van der Waals surface area contributed by atoms with Crippen molar-refractivity contribution in [2.45, 2.75) is 29.7 Å². The summed E-state index contributed by atoms with van der Waals surface area (Å²) in [5.74, 6) is 2.17. The van der Waals surface area contributed by atoms with Gasteiger partial charge in [-0.3, -0.25) is 9.36 Å². The van der Waals surface area contributed by atoms with Gasteiger partial charge in [-0.25, -0.2) is 0 Å². The molecule has 0 radical (unpaired) electrons. The predicted octanol–water partition coefficient (Wildman–Crippen LogP) is 4.97. The first kappa shape index (κ1) is 22.7. The van der Waals surface area contributed by atoms with Crippen LogP contribution in [0, 0.1) is 0 Å². The van der Waals surface area contributed by atoms with E-state index >= 15 is 0 Å². The Kier molecular flexibility index (Phi) is 7.14. The molecule has 1 amide bonds. The molecule has 1 aliphatic carbocycles. The lowest BCUT2D eigenvalue weighted by molar-refractivity contribution is -0.115. The average Bonchev–Trinajstić information content (AvgIpc) is 3.27. The fourth-order valence-electron chi connectivity index (χ4n) is 3.59. The summed E-state index contributed by atoms with van der Waals surface area (Å²) in [6.07, 6.45) is 6.77. The maximum Gasteiger partial charge on any atom is 0.237 e. The summed E-state index contributed by atoms with van der Waals surface area (Å²) in [6, 6.07) is 17.1. The van der Waals surface area contributed by atoms with E-state index in [1.165, 1.54) is 11.8 Å². The molecule has 2 unspecified atom stereocenters. The van der Waals surface area contributed by atoms with Crippen LogP contribution in [0.1, 0.15) is 25.1 Å². The summed E-state index contributed by atoms with van der Waals surface area (Å²) in [7, 11) is 3.30. The van der Waals surface area contributed by atoms with Crippen molar-refractivity contribution in [1.82, 2.24) is 14.8 Å². The molecular formula is C25H26N4O3S. The molecule has 0 saturated heterocycles. The Labute approximate surface area is 197 Å². The van der Waals surface area contributed by atoms with Crippen molar-refractivity contribution in [3.05, 3.63) is 84.4 Å². The Balaban J connectivity index is 1.66. The number of nitrogens with zero attached hydrogens (tertiary/aromatic N) is 3. The summed E-state index contributed by atoms with van der Waals surface area (Å²) in [5.41, 5.74) is 1.65. The van der Waals surface area contributed by atoms with Crippen molar-refractivity contribution in [2.75, 3.05) is 19.5 Å². The lowest BCUT2D eigenvalue weighted by Crippen LogP contribution is -2.23. The van der Waals surface area contributed by atoms with Crippen LogP contribution < -0.4 is 10.1 Å². The second-order valence-corrected chi connectivity index (χ2v) is 8.79. The summed E-state index contributed by atoms with van der Waals surface area (Å²) in [6.45, 7) is 1.86. The van der Waals surface area contributed by atoms with Crippen LogP contribution in [0.4, 0.5) is 5.69 Å². The average molecular weight is 463 g/mol. The smallest absolute Gasteiger partial charge is 0.237 e. The van der Waals surface area contributed by atoms with Gasteiger partial charge in [-0.05, 0) is 55.8 Å². The van der Waals surface area contributed by atoms with E-state index in [1.807, 2.05) is 78.2 Å². The number of aromatic nitrogens is 3. The largest absolute Gasteiger partial charge is 0.500 e. The number of anilines is 1. The van der Waals surface area contributed by atoms with Gasteiger partial charge in [0, 0.05) is 11.4 Å². The highest BCUT2D eigenvalue weighted by Crippen LogP contribution is 2.35. The van der Waals surface area contributed by atoms with Crippen LogP contribution in [0.3, 0.4) is 0 Å². The van der Waals surface area contributed by atoms with Crippen LogP contribution in [0.5, 0.6) is 5.75 Å². The number of rotatable bonds is 8.